The Morgan fingerprint density at radius 3 is 2.90 bits per heavy atom. The van der Waals surface area contributed by atoms with Gasteiger partial charge in [0.1, 0.15) is 0 Å². The van der Waals surface area contributed by atoms with Crippen LogP contribution in [0, 0.1) is 5.92 Å². The molecule has 0 aromatic rings. The number of rotatable bonds is 3. The van der Waals surface area contributed by atoms with Crippen LogP contribution in [0.25, 0.3) is 0 Å². The molecule has 0 aliphatic heterocycles. The molecule has 1 aliphatic carbocycles. The van der Waals surface area contributed by atoms with Crippen LogP contribution in [0.3, 0.4) is 0 Å². The first-order valence-electron chi connectivity index (χ1n) is 3.32. The van der Waals surface area contributed by atoms with E-state index in [0.29, 0.717) is 6.54 Å². The molecular formula is C7H11NO2. The van der Waals surface area contributed by atoms with Crippen molar-refractivity contribution < 1.29 is 9.90 Å². The summed E-state index contributed by atoms with van der Waals surface area (Å²) in [6.45, 7) is 2.29. The van der Waals surface area contributed by atoms with E-state index in [1.54, 1.807) is 0 Å². The molecule has 0 spiro atoms. The number of nitrogens with one attached hydrogen (secondary N) is 1. The number of carbonyl (C=O) groups is 1. The van der Waals surface area contributed by atoms with Crippen molar-refractivity contribution in [1.29, 1.82) is 0 Å². The van der Waals surface area contributed by atoms with Crippen LogP contribution in [0.15, 0.2) is 11.6 Å². The first-order chi connectivity index (χ1) is 4.75. The van der Waals surface area contributed by atoms with Crippen LogP contribution in [0.1, 0.15) is 6.92 Å². The molecule has 0 fully saturated rings. The Kier molecular flexibility index (Phi) is 2.06. The third-order valence-electron chi connectivity index (χ3n) is 1.50. The summed E-state index contributed by atoms with van der Waals surface area (Å²) in [6.07, 6.45) is 1.90. The van der Waals surface area contributed by atoms with Crippen LogP contribution in [-0.2, 0) is 4.79 Å². The fourth-order valence-corrected chi connectivity index (χ4v) is 0.786. The van der Waals surface area contributed by atoms with Gasteiger partial charge in [0.05, 0.1) is 12.5 Å². The Morgan fingerprint density at radius 2 is 2.50 bits per heavy atom. The van der Waals surface area contributed by atoms with Crippen molar-refractivity contribution in [2.75, 3.05) is 13.2 Å². The van der Waals surface area contributed by atoms with E-state index in [0.717, 1.165) is 5.57 Å². The molecule has 0 heterocycles. The van der Waals surface area contributed by atoms with Gasteiger partial charge in [0.25, 0.3) is 0 Å². The average Bonchev–Trinajstić information content (AvgIpc) is 2.62. The summed E-state index contributed by atoms with van der Waals surface area (Å²) >= 11 is 0. The molecule has 1 atom stereocenters. The minimum Gasteiger partial charge on any atom is -0.395 e. The molecule has 56 valence electrons. The highest BCUT2D eigenvalue weighted by molar-refractivity contribution is 5.87. The lowest BCUT2D eigenvalue weighted by Gasteiger charge is -2.00. The highest BCUT2D eigenvalue weighted by Gasteiger charge is 2.27. The maximum Gasteiger partial charge on any atom is 0.231 e. The fraction of sp³-hybridized carbons (Fsp3) is 0.571. The minimum atomic E-state index is 0.00606. The second-order valence-corrected chi connectivity index (χ2v) is 2.40. The first-order valence-corrected chi connectivity index (χ1v) is 3.32. The van der Waals surface area contributed by atoms with Gasteiger partial charge < -0.3 is 10.4 Å². The lowest BCUT2D eigenvalue weighted by atomic mass is 10.3. The van der Waals surface area contributed by atoms with E-state index in [2.05, 4.69) is 5.32 Å². The highest BCUT2D eigenvalue weighted by atomic mass is 16.3. The molecule has 0 aromatic carbocycles. The van der Waals surface area contributed by atoms with Gasteiger partial charge in [0, 0.05) is 6.54 Å². The zero-order valence-corrected chi connectivity index (χ0v) is 5.92. The molecule has 10 heavy (non-hydrogen) atoms. The second-order valence-electron chi connectivity index (χ2n) is 2.40. The van der Waals surface area contributed by atoms with E-state index in [9.17, 15) is 4.79 Å². The van der Waals surface area contributed by atoms with E-state index in [1.807, 2.05) is 13.0 Å². The summed E-state index contributed by atoms with van der Waals surface area (Å²) in [5.74, 6) is 0.0260. The highest BCUT2D eigenvalue weighted by Crippen LogP contribution is 2.27. The van der Waals surface area contributed by atoms with Crippen LogP contribution in [-0.4, -0.2) is 24.2 Å². The van der Waals surface area contributed by atoms with Crippen molar-refractivity contribution in [3.05, 3.63) is 11.6 Å². The molecule has 0 saturated heterocycles. The first kappa shape index (κ1) is 7.28. The Balaban J connectivity index is 2.12. The van der Waals surface area contributed by atoms with Crippen LogP contribution >= 0.6 is 0 Å². The zero-order valence-electron chi connectivity index (χ0n) is 5.92. The van der Waals surface area contributed by atoms with E-state index < -0.39 is 0 Å². The van der Waals surface area contributed by atoms with Gasteiger partial charge in [-0.1, -0.05) is 11.6 Å². The van der Waals surface area contributed by atoms with Crippen molar-refractivity contribution in [3.63, 3.8) is 0 Å². The second kappa shape index (κ2) is 2.84. The van der Waals surface area contributed by atoms with Crippen LogP contribution in [0.5, 0.6) is 0 Å². The molecule has 1 amide bonds. The van der Waals surface area contributed by atoms with Gasteiger partial charge >= 0.3 is 0 Å². The Hall–Kier alpha value is -0.830. The van der Waals surface area contributed by atoms with Gasteiger partial charge in [-0.3, -0.25) is 4.79 Å². The monoisotopic (exact) mass is 141 g/mol. The molecule has 3 heteroatoms. The number of amides is 1. The summed E-state index contributed by atoms with van der Waals surface area (Å²) in [4.78, 5) is 10.9. The Morgan fingerprint density at radius 1 is 1.90 bits per heavy atom. The number of aliphatic hydroxyl groups excluding tert-OH is 1. The quantitative estimate of drug-likeness (QED) is 0.529. The summed E-state index contributed by atoms with van der Waals surface area (Å²) in [7, 11) is 0. The van der Waals surface area contributed by atoms with E-state index >= 15 is 0 Å². The molecule has 0 radical (unpaired) electrons. The molecular weight excluding hydrogens is 130 g/mol. The maximum absolute atomic E-state index is 10.9. The summed E-state index contributed by atoms with van der Waals surface area (Å²) in [5.41, 5.74) is 1.12. The van der Waals surface area contributed by atoms with Gasteiger partial charge in [0.2, 0.25) is 5.91 Å². The third-order valence-corrected chi connectivity index (χ3v) is 1.50. The van der Waals surface area contributed by atoms with Gasteiger partial charge in [-0.25, -0.2) is 0 Å². The molecule has 1 aliphatic rings. The number of hydrogen-bond donors (Lipinski definition) is 2. The Labute approximate surface area is 59.7 Å². The molecule has 0 saturated carbocycles. The normalized spacial score (nSPS) is 21.8. The fourth-order valence-electron chi connectivity index (χ4n) is 0.786. The van der Waals surface area contributed by atoms with E-state index in [-0.39, 0.29) is 18.4 Å². The van der Waals surface area contributed by atoms with Gasteiger partial charge in [-0.05, 0) is 6.92 Å². The smallest absolute Gasteiger partial charge is 0.231 e. The van der Waals surface area contributed by atoms with Crippen molar-refractivity contribution in [2.24, 2.45) is 5.92 Å². The predicted octanol–water partition coefficient (Wildman–Crippen LogP) is -0.329. The summed E-state index contributed by atoms with van der Waals surface area (Å²) in [5, 5.41) is 10.9. The maximum atomic E-state index is 10.9. The lowest BCUT2D eigenvalue weighted by molar-refractivity contribution is -0.121. The number of carbonyl (C=O) groups excluding carboxylic acids is 1. The third kappa shape index (κ3) is 1.57. The summed E-state index contributed by atoms with van der Waals surface area (Å²) < 4.78 is 0. The van der Waals surface area contributed by atoms with Gasteiger partial charge in [-0.15, -0.1) is 0 Å². The zero-order chi connectivity index (χ0) is 7.56. The van der Waals surface area contributed by atoms with Gasteiger partial charge in [0.15, 0.2) is 0 Å². The van der Waals surface area contributed by atoms with Crippen LogP contribution in [0.4, 0.5) is 0 Å². The lowest BCUT2D eigenvalue weighted by Crippen LogP contribution is -2.28. The van der Waals surface area contributed by atoms with Crippen molar-refractivity contribution in [1.82, 2.24) is 5.32 Å². The number of hydrogen-bond acceptors (Lipinski definition) is 2. The largest absolute Gasteiger partial charge is 0.395 e. The summed E-state index contributed by atoms with van der Waals surface area (Å²) in [6, 6.07) is 0. The predicted molar refractivity (Wildman–Crippen MR) is 37.3 cm³/mol. The molecule has 1 unspecified atom stereocenters. The van der Waals surface area contributed by atoms with E-state index in [1.165, 1.54) is 0 Å². The van der Waals surface area contributed by atoms with Gasteiger partial charge in [-0.2, -0.15) is 0 Å². The van der Waals surface area contributed by atoms with Crippen molar-refractivity contribution in [3.8, 4) is 0 Å². The molecule has 1 rings (SSSR count). The average molecular weight is 141 g/mol. The molecule has 3 nitrogen and oxygen atoms in total. The Bertz CT molecular complexity index is 174. The van der Waals surface area contributed by atoms with Crippen LogP contribution < -0.4 is 5.32 Å². The molecule has 0 bridgehead atoms. The SMILES string of the molecule is CC1=CC1C(=O)NCCO. The molecule has 2 N–H and O–H groups in total. The topological polar surface area (TPSA) is 49.3 Å². The van der Waals surface area contributed by atoms with Crippen LogP contribution in [0.2, 0.25) is 0 Å². The standard InChI is InChI=1S/C7H11NO2/c1-5-4-6(5)7(10)8-2-3-9/h4,6,9H,2-3H2,1H3,(H,8,10). The molecule has 0 aromatic heterocycles. The van der Waals surface area contributed by atoms with E-state index in [4.69, 9.17) is 5.11 Å². The number of aliphatic hydroxyl groups is 1. The van der Waals surface area contributed by atoms with Crippen molar-refractivity contribution >= 4 is 5.91 Å². The van der Waals surface area contributed by atoms with Crippen molar-refractivity contribution in [2.45, 2.75) is 6.92 Å². The minimum absolute atomic E-state index is 0.00606.